The van der Waals surface area contributed by atoms with Gasteiger partial charge in [0.05, 0.1) is 25.0 Å². The average Bonchev–Trinajstić information content (AvgIpc) is 3.28. The van der Waals surface area contributed by atoms with Gasteiger partial charge in [-0.2, -0.15) is 5.10 Å². The number of carboxylic acid groups (broad SMARTS) is 1. The second-order valence-electron chi connectivity index (χ2n) is 7.76. The molecule has 1 aromatic heterocycles. The predicted molar refractivity (Wildman–Crippen MR) is 115 cm³/mol. The van der Waals surface area contributed by atoms with Crippen LogP contribution in [0.1, 0.15) is 40.4 Å². The van der Waals surface area contributed by atoms with Gasteiger partial charge in [-0.3, -0.25) is 5.10 Å². The molecule has 6 nitrogen and oxygen atoms in total. The number of carboxylic acids is 1. The van der Waals surface area contributed by atoms with E-state index < -0.39 is 5.97 Å². The van der Waals surface area contributed by atoms with E-state index in [0.29, 0.717) is 24.7 Å². The fourth-order valence-electron chi connectivity index (χ4n) is 4.08. The van der Waals surface area contributed by atoms with Crippen LogP contribution in [0.2, 0.25) is 0 Å². The molecule has 0 bridgehead atoms. The monoisotopic (exact) mass is 405 g/mol. The first-order valence-electron chi connectivity index (χ1n) is 10.4. The van der Waals surface area contributed by atoms with Gasteiger partial charge >= 0.3 is 5.97 Å². The quantitative estimate of drug-likeness (QED) is 0.550. The largest absolute Gasteiger partial charge is 0.478 e. The number of hydrogen-bond acceptors (Lipinski definition) is 4. The Balaban J connectivity index is 1.34. The van der Waals surface area contributed by atoms with E-state index in [1.54, 1.807) is 12.1 Å². The van der Waals surface area contributed by atoms with E-state index in [9.17, 15) is 4.79 Å². The van der Waals surface area contributed by atoms with Crippen molar-refractivity contribution in [3.8, 4) is 11.1 Å². The van der Waals surface area contributed by atoms with E-state index in [1.807, 2.05) is 36.5 Å². The van der Waals surface area contributed by atoms with Gasteiger partial charge in [0, 0.05) is 30.3 Å². The maximum Gasteiger partial charge on any atom is 0.335 e. The van der Waals surface area contributed by atoms with Crippen LogP contribution in [0.5, 0.6) is 0 Å². The summed E-state index contributed by atoms with van der Waals surface area (Å²) in [5.41, 5.74) is 4.67. The van der Waals surface area contributed by atoms with Crippen molar-refractivity contribution < 1.29 is 14.6 Å². The van der Waals surface area contributed by atoms with Crippen LogP contribution in [0.3, 0.4) is 0 Å². The minimum absolute atomic E-state index is 0.295. The minimum Gasteiger partial charge on any atom is -0.478 e. The number of hydrogen-bond donors (Lipinski definition) is 2. The Hall–Kier alpha value is -2.96. The molecule has 3 aromatic rings. The molecule has 1 unspecified atom stereocenters. The molecular formula is C24H27N3O3. The third-order valence-corrected chi connectivity index (χ3v) is 5.69. The molecule has 1 atom stereocenters. The number of nitrogens with zero attached hydrogens (tertiary/aromatic N) is 2. The van der Waals surface area contributed by atoms with Crippen LogP contribution >= 0.6 is 0 Å². The first kappa shape index (κ1) is 20.3. The van der Waals surface area contributed by atoms with E-state index in [4.69, 9.17) is 9.84 Å². The summed E-state index contributed by atoms with van der Waals surface area (Å²) in [5, 5.41) is 16.6. The number of piperidine rings is 1. The highest BCUT2D eigenvalue weighted by atomic mass is 16.5. The molecule has 1 aliphatic heterocycles. The molecule has 1 fully saturated rings. The Morgan fingerprint density at radius 1 is 1.17 bits per heavy atom. The molecule has 2 aromatic carbocycles. The van der Waals surface area contributed by atoms with E-state index in [1.165, 1.54) is 5.56 Å². The number of aromatic nitrogens is 2. The molecule has 30 heavy (non-hydrogen) atoms. The lowest BCUT2D eigenvalue weighted by atomic mass is 9.90. The van der Waals surface area contributed by atoms with Gasteiger partial charge in [-0.15, -0.1) is 0 Å². The molecule has 0 spiro atoms. The molecule has 6 heteroatoms. The lowest BCUT2D eigenvalue weighted by Gasteiger charge is -2.32. The smallest absolute Gasteiger partial charge is 0.335 e. The van der Waals surface area contributed by atoms with Crippen molar-refractivity contribution in [3.63, 3.8) is 0 Å². The van der Waals surface area contributed by atoms with Gasteiger partial charge in [-0.25, -0.2) is 4.79 Å². The molecule has 0 aliphatic carbocycles. The molecule has 0 saturated carbocycles. The van der Waals surface area contributed by atoms with Crippen LogP contribution in [-0.2, 0) is 11.3 Å². The number of rotatable bonds is 8. The van der Waals surface area contributed by atoms with E-state index in [0.717, 1.165) is 49.3 Å². The number of nitrogens with one attached hydrogen (secondary N) is 1. The Labute approximate surface area is 176 Å². The number of likely N-dealkylation sites (tertiary alicyclic amines) is 1. The van der Waals surface area contributed by atoms with Gasteiger partial charge in [0.1, 0.15) is 0 Å². The normalized spacial score (nSPS) is 17.1. The topological polar surface area (TPSA) is 78.4 Å². The Bertz CT molecular complexity index is 953. The van der Waals surface area contributed by atoms with Crippen LogP contribution in [0.4, 0.5) is 0 Å². The second-order valence-corrected chi connectivity index (χ2v) is 7.76. The lowest BCUT2D eigenvalue weighted by molar-refractivity contribution is 0.0697. The second kappa shape index (κ2) is 9.69. The molecular weight excluding hydrogens is 378 g/mol. The number of H-pyrrole nitrogens is 1. The molecule has 2 N–H and O–H groups in total. The third-order valence-electron chi connectivity index (χ3n) is 5.69. The van der Waals surface area contributed by atoms with Crippen LogP contribution in [0.15, 0.2) is 60.8 Å². The van der Waals surface area contributed by atoms with Gasteiger partial charge in [0.25, 0.3) is 0 Å². The number of aromatic carboxylic acids is 1. The average molecular weight is 405 g/mol. The molecule has 2 heterocycles. The van der Waals surface area contributed by atoms with Crippen LogP contribution < -0.4 is 0 Å². The number of aromatic amines is 1. The fourth-order valence-corrected chi connectivity index (χ4v) is 4.08. The van der Waals surface area contributed by atoms with Crippen LogP contribution in [0, 0.1) is 0 Å². The SMILES string of the molecule is O=C(O)c1ccc(-c2cn[nH]c2C2CCCN(CCOCc3ccccc3)C2)cc1. The summed E-state index contributed by atoms with van der Waals surface area (Å²) in [7, 11) is 0. The van der Waals surface area contributed by atoms with Gasteiger partial charge < -0.3 is 14.7 Å². The van der Waals surface area contributed by atoms with E-state index >= 15 is 0 Å². The summed E-state index contributed by atoms with van der Waals surface area (Å²) in [5.74, 6) is -0.532. The van der Waals surface area contributed by atoms with Crippen molar-refractivity contribution in [2.75, 3.05) is 26.2 Å². The standard InChI is InChI=1S/C24H27N3O3/c28-24(29)20-10-8-19(9-11-20)22-15-25-26-23(22)21-7-4-12-27(16-21)13-14-30-17-18-5-2-1-3-6-18/h1-3,5-6,8-11,15,21H,4,7,12-14,16-17H2,(H,25,26)(H,28,29). The zero-order valence-corrected chi connectivity index (χ0v) is 17.0. The fraction of sp³-hybridized carbons (Fsp3) is 0.333. The van der Waals surface area contributed by atoms with Crippen molar-refractivity contribution in [3.05, 3.63) is 77.6 Å². The summed E-state index contributed by atoms with van der Waals surface area (Å²) in [6.07, 6.45) is 4.09. The zero-order chi connectivity index (χ0) is 20.8. The molecule has 0 radical (unpaired) electrons. The Morgan fingerprint density at radius 2 is 1.97 bits per heavy atom. The summed E-state index contributed by atoms with van der Waals surface area (Å²) >= 11 is 0. The maximum absolute atomic E-state index is 11.1. The van der Waals surface area contributed by atoms with Gasteiger partial charge in [-0.1, -0.05) is 42.5 Å². The molecule has 0 amide bonds. The lowest BCUT2D eigenvalue weighted by Crippen LogP contribution is -2.36. The summed E-state index contributed by atoms with van der Waals surface area (Å²) < 4.78 is 5.86. The zero-order valence-electron chi connectivity index (χ0n) is 17.0. The molecule has 1 saturated heterocycles. The maximum atomic E-state index is 11.1. The predicted octanol–water partition coefficient (Wildman–Crippen LogP) is 4.17. The highest BCUT2D eigenvalue weighted by molar-refractivity contribution is 5.88. The van der Waals surface area contributed by atoms with Gasteiger partial charge in [0.2, 0.25) is 0 Å². The Morgan fingerprint density at radius 3 is 2.73 bits per heavy atom. The number of ether oxygens (including phenoxy) is 1. The summed E-state index contributed by atoms with van der Waals surface area (Å²) in [4.78, 5) is 13.6. The first-order chi connectivity index (χ1) is 14.7. The van der Waals surface area contributed by atoms with E-state index in [-0.39, 0.29) is 0 Å². The van der Waals surface area contributed by atoms with E-state index in [2.05, 4.69) is 27.2 Å². The number of carbonyl (C=O) groups is 1. The summed E-state index contributed by atoms with van der Waals surface area (Å²) in [6.45, 7) is 4.34. The Kier molecular flexibility index (Phi) is 6.57. The van der Waals surface area contributed by atoms with Gasteiger partial charge in [0.15, 0.2) is 0 Å². The van der Waals surface area contributed by atoms with Crippen molar-refractivity contribution >= 4 is 5.97 Å². The van der Waals surface area contributed by atoms with Crippen molar-refractivity contribution in [1.29, 1.82) is 0 Å². The van der Waals surface area contributed by atoms with Crippen molar-refractivity contribution in [1.82, 2.24) is 15.1 Å². The number of benzene rings is 2. The third kappa shape index (κ3) is 4.96. The highest BCUT2D eigenvalue weighted by Crippen LogP contribution is 2.33. The van der Waals surface area contributed by atoms with Crippen molar-refractivity contribution in [2.45, 2.75) is 25.4 Å². The molecule has 1 aliphatic rings. The van der Waals surface area contributed by atoms with Crippen molar-refractivity contribution in [2.24, 2.45) is 0 Å². The molecule has 4 rings (SSSR count). The van der Waals surface area contributed by atoms with Crippen LogP contribution in [0.25, 0.3) is 11.1 Å². The first-order valence-corrected chi connectivity index (χ1v) is 10.4. The minimum atomic E-state index is -0.911. The summed E-state index contributed by atoms with van der Waals surface area (Å²) in [6, 6.07) is 17.3. The molecule has 156 valence electrons. The van der Waals surface area contributed by atoms with Gasteiger partial charge in [-0.05, 0) is 42.6 Å². The van der Waals surface area contributed by atoms with Crippen LogP contribution in [-0.4, -0.2) is 52.4 Å². The highest BCUT2D eigenvalue weighted by Gasteiger charge is 2.25.